The molecule has 0 radical (unpaired) electrons. The van der Waals surface area contributed by atoms with Gasteiger partial charge in [0, 0.05) is 32.2 Å². The van der Waals surface area contributed by atoms with Crippen molar-refractivity contribution in [3.8, 4) is 0 Å². The number of esters is 1. The molecule has 180 valence electrons. The second-order valence-corrected chi connectivity index (χ2v) is 8.00. The minimum Gasteiger partial charge on any atom is -0.461 e. The van der Waals surface area contributed by atoms with Gasteiger partial charge in [0.1, 0.15) is 11.5 Å². The molecule has 4 rings (SSSR count). The minimum atomic E-state index is -0.493. The number of H-pyrrole nitrogens is 1. The lowest BCUT2D eigenvalue weighted by Crippen LogP contribution is -2.45. The predicted octanol–water partition coefficient (Wildman–Crippen LogP) is 2.58. The van der Waals surface area contributed by atoms with E-state index < -0.39 is 5.97 Å². The van der Waals surface area contributed by atoms with Crippen molar-refractivity contribution in [3.05, 3.63) is 47.4 Å². The first-order chi connectivity index (χ1) is 16.4. The van der Waals surface area contributed by atoms with Crippen molar-refractivity contribution in [3.63, 3.8) is 0 Å². The van der Waals surface area contributed by atoms with E-state index in [0.29, 0.717) is 17.7 Å². The Hall–Kier alpha value is -3.80. The van der Waals surface area contributed by atoms with Crippen LogP contribution in [0.1, 0.15) is 35.9 Å². The van der Waals surface area contributed by atoms with Crippen LogP contribution in [-0.4, -0.2) is 75.9 Å². The van der Waals surface area contributed by atoms with Crippen LogP contribution in [0.5, 0.6) is 0 Å². The number of carbonyl (C=O) groups excluding carboxylic acids is 1. The van der Waals surface area contributed by atoms with Crippen molar-refractivity contribution in [1.29, 1.82) is 0 Å². The minimum absolute atomic E-state index is 0.169. The first-order valence-corrected chi connectivity index (χ1v) is 11.1. The SMILES string of the molecule is CCOC(=O)c1cc(Nc2nc(NC(C)c3ccc(F)cc3)nc(N3CCN(C)CC3)n2)n[nH]1. The standard InChI is InChI=1S/C22H28FN9O2/c1-4-34-19(33)17-13-18(30-29-17)25-21-26-20(24-14(2)15-5-7-16(23)8-6-15)27-22(28-21)32-11-9-31(3)10-12-32/h5-8,13-14H,4,9-12H2,1-3H3,(H3,24,25,26,27,28,29,30). The Balaban J connectivity index is 1.58. The van der Waals surface area contributed by atoms with Gasteiger partial charge in [0.15, 0.2) is 5.82 Å². The Morgan fingerprint density at radius 2 is 1.85 bits per heavy atom. The number of carbonyl (C=O) groups is 1. The fraction of sp³-hybridized carbons (Fsp3) is 0.409. The van der Waals surface area contributed by atoms with E-state index in [4.69, 9.17) is 4.74 Å². The van der Waals surface area contributed by atoms with Crippen LogP contribution in [0.3, 0.4) is 0 Å². The normalized spacial score (nSPS) is 15.1. The molecule has 0 saturated carbocycles. The van der Waals surface area contributed by atoms with E-state index in [1.165, 1.54) is 18.2 Å². The second kappa shape index (κ2) is 10.4. The first kappa shape index (κ1) is 23.4. The van der Waals surface area contributed by atoms with E-state index >= 15 is 0 Å². The monoisotopic (exact) mass is 469 g/mol. The van der Waals surface area contributed by atoms with Gasteiger partial charge in [-0.25, -0.2) is 9.18 Å². The van der Waals surface area contributed by atoms with Gasteiger partial charge in [-0.3, -0.25) is 5.10 Å². The fourth-order valence-electron chi connectivity index (χ4n) is 3.48. The number of hydrogen-bond acceptors (Lipinski definition) is 10. The molecule has 1 unspecified atom stereocenters. The molecule has 11 nitrogen and oxygen atoms in total. The number of ether oxygens (including phenoxy) is 1. The third-order valence-electron chi connectivity index (χ3n) is 5.44. The summed E-state index contributed by atoms with van der Waals surface area (Å²) in [6.07, 6.45) is 0. The van der Waals surface area contributed by atoms with Crippen molar-refractivity contribution >= 4 is 29.6 Å². The van der Waals surface area contributed by atoms with Crippen molar-refractivity contribution in [2.45, 2.75) is 19.9 Å². The van der Waals surface area contributed by atoms with E-state index in [9.17, 15) is 9.18 Å². The van der Waals surface area contributed by atoms with Crippen molar-refractivity contribution in [1.82, 2.24) is 30.0 Å². The van der Waals surface area contributed by atoms with Crippen LogP contribution in [0.15, 0.2) is 30.3 Å². The number of aromatic amines is 1. The van der Waals surface area contributed by atoms with Crippen molar-refractivity contribution in [2.24, 2.45) is 0 Å². The van der Waals surface area contributed by atoms with Crippen LogP contribution < -0.4 is 15.5 Å². The molecule has 12 heteroatoms. The average molecular weight is 470 g/mol. The molecule has 3 heterocycles. The van der Waals surface area contributed by atoms with Gasteiger partial charge in [-0.1, -0.05) is 12.1 Å². The van der Waals surface area contributed by atoms with Crippen LogP contribution in [0.25, 0.3) is 0 Å². The number of piperazine rings is 1. The van der Waals surface area contributed by atoms with Crippen LogP contribution in [0.2, 0.25) is 0 Å². The van der Waals surface area contributed by atoms with Crippen molar-refractivity contribution in [2.75, 3.05) is 55.4 Å². The average Bonchev–Trinajstić information content (AvgIpc) is 3.28. The highest BCUT2D eigenvalue weighted by atomic mass is 19.1. The van der Waals surface area contributed by atoms with E-state index in [-0.39, 0.29) is 30.1 Å². The lowest BCUT2D eigenvalue weighted by molar-refractivity contribution is 0.0519. The zero-order chi connectivity index (χ0) is 24.1. The van der Waals surface area contributed by atoms with Crippen LogP contribution in [0.4, 0.5) is 28.1 Å². The second-order valence-electron chi connectivity index (χ2n) is 8.00. The quantitative estimate of drug-likeness (QED) is 0.424. The highest BCUT2D eigenvalue weighted by Gasteiger charge is 2.20. The molecule has 1 aliphatic heterocycles. The highest BCUT2D eigenvalue weighted by Crippen LogP contribution is 2.22. The molecule has 1 atom stereocenters. The van der Waals surface area contributed by atoms with Gasteiger partial charge in [0.05, 0.1) is 12.6 Å². The largest absolute Gasteiger partial charge is 0.461 e. The van der Waals surface area contributed by atoms with Gasteiger partial charge in [-0.2, -0.15) is 20.1 Å². The number of likely N-dealkylation sites (N-methyl/N-ethyl adjacent to an activating group) is 1. The maximum Gasteiger partial charge on any atom is 0.356 e. The number of rotatable bonds is 8. The predicted molar refractivity (Wildman–Crippen MR) is 126 cm³/mol. The lowest BCUT2D eigenvalue weighted by Gasteiger charge is -2.32. The summed E-state index contributed by atoms with van der Waals surface area (Å²) in [6, 6.07) is 7.64. The molecule has 2 aromatic heterocycles. The first-order valence-electron chi connectivity index (χ1n) is 11.1. The molecular weight excluding hydrogens is 441 g/mol. The highest BCUT2D eigenvalue weighted by molar-refractivity contribution is 5.88. The number of aromatic nitrogens is 5. The lowest BCUT2D eigenvalue weighted by atomic mass is 10.1. The van der Waals surface area contributed by atoms with Gasteiger partial charge in [0.2, 0.25) is 17.8 Å². The molecule has 1 fully saturated rings. The Kier molecular flexibility index (Phi) is 7.16. The Morgan fingerprint density at radius 3 is 2.56 bits per heavy atom. The molecule has 3 N–H and O–H groups in total. The van der Waals surface area contributed by atoms with Gasteiger partial charge in [0.25, 0.3) is 0 Å². The maximum absolute atomic E-state index is 13.3. The number of nitrogens with one attached hydrogen (secondary N) is 3. The third-order valence-corrected chi connectivity index (χ3v) is 5.44. The molecule has 0 bridgehead atoms. The van der Waals surface area contributed by atoms with Gasteiger partial charge < -0.3 is 25.2 Å². The summed E-state index contributed by atoms with van der Waals surface area (Å²) >= 11 is 0. The summed E-state index contributed by atoms with van der Waals surface area (Å²) in [5.74, 6) is 0.758. The summed E-state index contributed by atoms with van der Waals surface area (Å²) in [5, 5.41) is 13.0. The number of halogens is 1. The van der Waals surface area contributed by atoms with Gasteiger partial charge in [-0.05, 0) is 38.6 Å². The summed E-state index contributed by atoms with van der Waals surface area (Å²) in [5.41, 5.74) is 1.12. The summed E-state index contributed by atoms with van der Waals surface area (Å²) in [4.78, 5) is 29.9. The molecule has 1 saturated heterocycles. The zero-order valence-corrected chi connectivity index (χ0v) is 19.4. The Morgan fingerprint density at radius 1 is 1.15 bits per heavy atom. The topological polar surface area (TPSA) is 124 Å². The van der Waals surface area contributed by atoms with E-state index in [1.54, 1.807) is 19.1 Å². The Bertz CT molecular complexity index is 1110. The Labute approximate surface area is 196 Å². The molecule has 1 aromatic carbocycles. The maximum atomic E-state index is 13.3. The molecule has 3 aromatic rings. The number of nitrogens with zero attached hydrogens (tertiary/aromatic N) is 6. The van der Waals surface area contributed by atoms with Crippen LogP contribution in [0, 0.1) is 5.82 Å². The fourth-order valence-corrected chi connectivity index (χ4v) is 3.48. The van der Waals surface area contributed by atoms with Crippen LogP contribution in [-0.2, 0) is 4.74 Å². The van der Waals surface area contributed by atoms with E-state index in [0.717, 1.165) is 31.7 Å². The van der Waals surface area contributed by atoms with E-state index in [1.807, 2.05) is 6.92 Å². The van der Waals surface area contributed by atoms with E-state index in [2.05, 4.69) is 52.6 Å². The molecule has 1 aliphatic rings. The number of anilines is 4. The smallest absolute Gasteiger partial charge is 0.356 e. The summed E-state index contributed by atoms with van der Waals surface area (Å²) < 4.78 is 18.3. The molecule has 0 amide bonds. The van der Waals surface area contributed by atoms with Gasteiger partial charge >= 0.3 is 5.97 Å². The zero-order valence-electron chi connectivity index (χ0n) is 19.4. The summed E-state index contributed by atoms with van der Waals surface area (Å²) in [7, 11) is 2.08. The molecule has 0 spiro atoms. The van der Waals surface area contributed by atoms with Crippen LogP contribution >= 0.6 is 0 Å². The number of benzene rings is 1. The molecular formula is C22H28FN9O2. The molecule has 34 heavy (non-hydrogen) atoms. The summed E-state index contributed by atoms with van der Waals surface area (Å²) in [6.45, 7) is 7.30. The van der Waals surface area contributed by atoms with Crippen molar-refractivity contribution < 1.29 is 13.9 Å². The number of hydrogen-bond donors (Lipinski definition) is 3. The third kappa shape index (κ3) is 5.76. The van der Waals surface area contributed by atoms with Gasteiger partial charge in [-0.15, -0.1) is 0 Å². The molecule has 0 aliphatic carbocycles.